The van der Waals surface area contributed by atoms with Crippen molar-refractivity contribution in [3.63, 3.8) is 0 Å². The fourth-order valence-corrected chi connectivity index (χ4v) is 2.13. The molecule has 0 radical (unpaired) electrons. The minimum atomic E-state index is 0.390. The fraction of sp³-hybridized carbons (Fsp3) is 0.714. The maximum atomic E-state index is 4.08. The average molecular weight is 154 g/mol. The predicted molar refractivity (Wildman–Crippen MR) is 41.1 cm³/mol. The van der Waals surface area contributed by atoms with Crippen LogP contribution in [-0.4, -0.2) is 10.2 Å². The minimum Gasteiger partial charge on any atom is -0.147 e. The van der Waals surface area contributed by atoms with E-state index in [-0.39, 0.29) is 0 Å². The van der Waals surface area contributed by atoms with Crippen LogP contribution in [0.4, 0.5) is 0 Å². The van der Waals surface area contributed by atoms with E-state index in [4.69, 9.17) is 0 Å². The summed E-state index contributed by atoms with van der Waals surface area (Å²) < 4.78 is 0. The first kappa shape index (κ1) is 6.28. The number of aromatic nitrogens is 2. The van der Waals surface area contributed by atoms with E-state index in [9.17, 15) is 0 Å². The van der Waals surface area contributed by atoms with E-state index in [1.54, 1.807) is 11.3 Å². The molecule has 0 bridgehead atoms. The van der Waals surface area contributed by atoms with Gasteiger partial charge in [0.05, 0.1) is 0 Å². The predicted octanol–water partition coefficient (Wildman–Crippen LogP) is 1.98. The van der Waals surface area contributed by atoms with Gasteiger partial charge in [0.15, 0.2) is 0 Å². The van der Waals surface area contributed by atoms with Gasteiger partial charge in [-0.15, -0.1) is 21.5 Å². The Morgan fingerprint density at radius 3 is 2.80 bits per heavy atom. The molecule has 0 aromatic carbocycles. The van der Waals surface area contributed by atoms with Crippen LogP contribution in [0.2, 0.25) is 0 Å². The first-order chi connectivity index (χ1) is 4.81. The minimum absolute atomic E-state index is 0.390. The normalized spacial score (nSPS) is 22.1. The van der Waals surface area contributed by atoms with Crippen molar-refractivity contribution in [3.8, 4) is 0 Å². The Bertz CT molecular complexity index is 214. The quantitative estimate of drug-likeness (QED) is 0.618. The van der Waals surface area contributed by atoms with Gasteiger partial charge in [0.1, 0.15) is 10.5 Å². The smallest absolute Gasteiger partial charge is 0.123 e. The van der Waals surface area contributed by atoms with Crippen LogP contribution in [-0.2, 0) is 5.41 Å². The first-order valence-corrected chi connectivity index (χ1v) is 4.46. The zero-order valence-electron chi connectivity index (χ0n) is 6.00. The summed E-state index contributed by atoms with van der Waals surface area (Å²) in [6, 6.07) is 0. The zero-order valence-corrected chi connectivity index (χ0v) is 6.82. The van der Waals surface area contributed by atoms with E-state index in [0.717, 1.165) is 0 Å². The number of rotatable bonds is 1. The Labute approximate surface area is 64.3 Å². The van der Waals surface area contributed by atoms with Crippen LogP contribution in [0.1, 0.15) is 31.2 Å². The number of hydrogen-bond acceptors (Lipinski definition) is 3. The number of hydrogen-bond donors (Lipinski definition) is 0. The lowest BCUT2D eigenvalue weighted by atomic mass is 9.71. The molecule has 0 aliphatic heterocycles. The largest absolute Gasteiger partial charge is 0.147 e. The fourth-order valence-electron chi connectivity index (χ4n) is 1.36. The van der Waals surface area contributed by atoms with Gasteiger partial charge in [-0.1, -0.05) is 13.3 Å². The van der Waals surface area contributed by atoms with E-state index >= 15 is 0 Å². The highest BCUT2D eigenvalue weighted by atomic mass is 32.1. The molecule has 0 atom stereocenters. The summed E-state index contributed by atoms with van der Waals surface area (Å²) in [5.41, 5.74) is 2.21. The highest BCUT2D eigenvalue weighted by Crippen LogP contribution is 2.43. The molecule has 0 saturated heterocycles. The van der Waals surface area contributed by atoms with Crippen molar-refractivity contribution in [2.45, 2.75) is 31.6 Å². The molecule has 1 aliphatic rings. The zero-order chi connectivity index (χ0) is 7.03. The second-order valence-corrected chi connectivity index (χ2v) is 3.99. The average Bonchev–Trinajstić information content (AvgIpc) is 2.33. The molecule has 3 heteroatoms. The molecule has 2 rings (SSSR count). The third kappa shape index (κ3) is 0.770. The standard InChI is InChI=1S/C7H10N2S/c1-7(3-2-4-7)6-9-8-5-10-6/h5H,2-4H2,1H3. The van der Waals surface area contributed by atoms with Crippen LogP contribution in [0, 0.1) is 0 Å². The topological polar surface area (TPSA) is 25.8 Å². The molecule has 1 heterocycles. The van der Waals surface area contributed by atoms with Crippen molar-refractivity contribution in [1.29, 1.82) is 0 Å². The molecule has 0 amide bonds. The molecule has 1 aliphatic carbocycles. The third-order valence-electron chi connectivity index (χ3n) is 2.33. The summed E-state index contributed by atoms with van der Waals surface area (Å²) in [6.45, 7) is 2.27. The van der Waals surface area contributed by atoms with Gasteiger partial charge in [0, 0.05) is 5.41 Å². The van der Waals surface area contributed by atoms with Crippen LogP contribution in [0.15, 0.2) is 5.51 Å². The second kappa shape index (κ2) is 2.02. The summed E-state index contributed by atoms with van der Waals surface area (Å²) in [4.78, 5) is 0. The van der Waals surface area contributed by atoms with Gasteiger partial charge < -0.3 is 0 Å². The Hall–Kier alpha value is -0.440. The van der Waals surface area contributed by atoms with Crippen molar-refractivity contribution in [2.75, 3.05) is 0 Å². The molecule has 0 unspecified atom stereocenters. The van der Waals surface area contributed by atoms with Gasteiger partial charge in [-0.2, -0.15) is 0 Å². The van der Waals surface area contributed by atoms with Crippen molar-refractivity contribution in [1.82, 2.24) is 10.2 Å². The maximum absolute atomic E-state index is 4.08. The molecule has 1 saturated carbocycles. The van der Waals surface area contributed by atoms with Crippen molar-refractivity contribution < 1.29 is 0 Å². The lowest BCUT2D eigenvalue weighted by Crippen LogP contribution is -2.30. The Morgan fingerprint density at radius 1 is 1.60 bits per heavy atom. The lowest BCUT2D eigenvalue weighted by Gasteiger charge is -2.35. The molecule has 54 valence electrons. The molecule has 10 heavy (non-hydrogen) atoms. The van der Waals surface area contributed by atoms with Gasteiger partial charge in [-0.25, -0.2) is 0 Å². The first-order valence-electron chi connectivity index (χ1n) is 3.58. The van der Waals surface area contributed by atoms with Crippen molar-refractivity contribution >= 4 is 11.3 Å². The lowest BCUT2D eigenvalue weighted by molar-refractivity contribution is 0.269. The molecular weight excluding hydrogens is 144 g/mol. The van der Waals surface area contributed by atoms with E-state index in [0.29, 0.717) is 5.41 Å². The van der Waals surface area contributed by atoms with E-state index in [1.165, 1.54) is 24.3 Å². The summed E-state index contributed by atoms with van der Waals surface area (Å²) in [6.07, 6.45) is 3.94. The monoisotopic (exact) mass is 154 g/mol. The molecule has 0 N–H and O–H groups in total. The molecule has 0 spiro atoms. The van der Waals surface area contributed by atoms with Gasteiger partial charge >= 0.3 is 0 Å². The SMILES string of the molecule is CC1(c2nncs2)CCC1. The molecular formula is C7H10N2S. The van der Waals surface area contributed by atoms with E-state index in [1.807, 2.05) is 5.51 Å². The summed E-state index contributed by atoms with van der Waals surface area (Å²) >= 11 is 1.68. The molecule has 1 aromatic heterocycles. The van der Waals surface area contributed by atoms with Crippen LogP contribution < -0.4 is 0 Å². The second-order valence-electron chi connectivity index (χ2n) is 3.16. The van der Waals surface area contributed by atoms with Crippen molar-refractivity contribution in [2.24, 2.45) is 0 Å². The van der Waals surface area contributed by atoms with Gasteiger partial charge in [-0.05, 0) is 12.8 Å². The Kier molecular flexibility index (Phi) is 1.27. The molecule has 1 aromatic rings. The van der Waals surface area contributed by atoms with Crippen LogP contribution in [0.5, 0.6) is 0 Å². The Morgan fingerprint density at radius 2 is 2.40 bits per heavy atom. The highest BCUT2D eigenvalue weighted by Gasteiger charge is 2.36. The van der Waals surface area contributed by atoms with Crippen LogP contribution in [0.3, 0.4) is 0 Å². The Balaban J connectivity index is 2.27. The van der Waals surface area contributed by atoms with E-state index in [2.05, 4.69) is 17.1 Å². The van der Waals surface area contributed by atoms with E-state index < -0.39 is 0 Å². The molecule has 1 fully saturated rings. The molecule has 2 nitrogen and oxygen atoms in total. The summed E-state index contributed by atoms with van der Waals surface area (Å²) in [7, 11) is 0. The highest BCUT2D eigenvalue weighted by molar-refractivity contribution is 7.09. The van der Waals surface area contributed by atoms with Gasteiger partial charge in [-0.3, -0.25) is 0 Å². The number of nitrogens with zero attached hydrogens (tertiary/aromatic N) is 2. The summed E-state index contributed by atoms with van der Waals surface area (Å²) in [5, 5.41) is 9.14. The third-order valence-corrected chi connectivity index (χ3v) is 3.33. The van der Waals surface area contributed by atoms with Gasteiger partial charge in [0.25, 0.3) is 0 Å². The van der Waals surface area contributed by atoms with Crippen LogP contribution in [0.25, 0.3) is 0 Å². The summed E-state index contributed by atoms with van der Waals surface area (Å²) in [5.74, 6) is 0. The van der Waals surface area contributed by atoms with Crippen molar-refractivity contribution in [3.05, 3.63) is 10.5 Å². The van der Waals surface area contributed by atoms with Gasteiger partial charge in [0.2, 0.25) is 0 Å². The maximum Gasteiger partial charge on any atom is 0.123 e. The van der Waals surface area contributed by atoms with Crippen LogP contribution >= 0.6 is 11.3 Å².